The second-order valence-corrected chi connectivity index (χ2v) is 6.95. The van der Waals surface area contributed by atoms with Crippen LogP contribution in [0.25, 0.3) is 0 Å². The summed E-state index contributed by atoms with van der Waals surface area (Å²) in [6.07, 6.45) is 5.98. The molecule has 0 spiro atoms. The number of rotatable bonds is 5. The number of nitrogens with zero attached hydrogens (tertiary/aromatic N) is 4. The number of carbonyl (C=O) groups excluding carboxylic acids is 1. The van der Waals surface area contributed by atoms with Gasteiger partial charge in [0.2, 0.25) is 5.91 Å². The first kappa shape index (κ1) is 16.6. The highest BCUT2D eigenvalue weighted by Gasteiger charge is 2.26. The Balaban J connectivity index is 1.81. The SMILES string of the molecule is Cc1c(C#N)c(NC(=O)CSc2ncn[nH]2)n(C2CCCC2)c1C. The summed E-state index contributed by atoms with van der Waals surface area (Å²) in [6, 6.07) is 2.62. The van der Waals surface area contributed by atoms with Gasteiger partial charge in [0, 0.05) is 11.7 Å². The molecule has 2 aromatic heterocycles. The number of nitriles is 1. The molecule has 0 radical (unpaired) electrons. The zero-order valence-corrected chi connectivity index (χ0v) is 14.6. The maximum absolute atomic E-state index is 12.3. The zero-order valence-electron chi connectivity index (χ0n) is 13.8. The number of H-pyrrole nitrogens is 1. The van der Waals surface area contributed by atoms with Crippen LogP contribution in [0.1, 0.15) is 48.5 Å². The lowest BCUT2D eigenvalue weighted by atomic mass is 10.2. The number of aromatic amines is 1. The van der Waals surface area contributed by atoms with Crippen LogP contribution >= 0.6 is 11.8 Å². The molecule has 126 valence electrons. The molecule has 1 fully saturated rings. The molecule has 2 aromatic rings. The molecule has 1 aliphatic rings. The van der Waals surface area contributed by atoms with E-state index in [0.717, 1.165) is 24.1 Å². The molecule has 0 unspecified atom stereocenters. The molecular formula is C16H20N6OS. The minimum atomic E-state index is -0.148. The van der Waals surface area contributed by atoms with Crippen molar-refractivity contribution in [2.75, 3.05) is 11.1 Å². The first-order chi connectivity index (χ1) is 11.6. The van der Waals surface area contributed by atoms with Crippen molar-refractivity contribution in [3.63, 3.8) is 0 Å². The average molecular weight is 344 g/mol. The van der Waals surface area contributed by atoms with Crippen molar-refractivity contribution in [3.05, 3.63) is 23.1 Å². The molecule has 1 amide bonds. The van der Waals surface area contributed by atoms with Crippen LogP contribution in [-0.4, -0.2) is 31.4 Å². The highest BCUT2D eigenvalue weighted by molar-refractivity contribution is 7.99. The standard InChI is InChI=1S/C16H20N6OS/c1-10-11(2)22(12-5-3-4-6-12)15(13(10)7-17)20-14(23)8-24-16-18-9-19-21-16/h9,12H,3-6,8H2,1-2H3,(H,20,23)(H,18,19,21). The maximum atomic E-state index is 12.3. The van der Waals surface area contributed by atoms with E-state index in [1.807, 2.05) is 13.8 Å². The lowest BCUT2D eigenvalue weighted by Crippen LogP contribution is -2.19. The molecule has 2 heterocycles. The van der Waals surface area contributed by atoms with Crippen LogP contribution in [0.5, 0.6) is 0 Å². The molecule has 2 N–H and O–H groups in total. The molecule has 3 rings (SSSR count). The van der Waals surface area contributed by atoms with E-state index in [1.54, 1.807) is 0 Å². The number of hydrogen-bond donors (Lipinski definition) is 2. The summed E-state index contributed by atoms with van der Waals surface area (Å²) in [4.78, 5) is 16.3. The third-order valence-corrected chi connectivity index (χ3v) is 5.43. The Morgan fingerprint density at radius 2 is 2.25 bits per heavy atom. The largest absolute Gasteiger partial charge is 0.327 e. The Hall–Kier alpha value is -2.27. The molecule has 0 aromatic carbocycles. The highest BCUT2D eigenvalue weighted by atomic mass is 32.2. The second kappa shape index (κ2) is 7.09. The normalized spacial score (nSPS) is 14.7. The van der Waals surface area contributed by atoms with Crippen LogP contribution in [0.4, 0.5) is 5.82 Å². The lowest BCUT2D eigenvalue weighted by molar-refractivity contribution is -0.113. The van der Waals surface area contributed by atoms with Crippen molar-refractivity contribution < 1.29 is 4.79 Å². The van der Waals surface area contributed by atoms with E-state index in [4.69, 9.17) is 0 Å². The van der Waals surface area contributed by atoms with Gasteiger partial charge in [-0.25, -0.2) is 4.98 Å². The summed E-state index contributed by atoms with van der Waals surface area (Å²) in [5.41, 5.74) is 2.58. The van der Waals surface area contributed by atoms with E-state index in [1.165, 1.54) is 30.9 Å². The van der Waals surface area contributed by atoms with E-state index < -0.39 is 0 Å². The Bertz CT molecular complexity index is 768. The van der Waals surface area contributed by atoms with E-state index in [-0.39, 0.29) is 11.7 Å². The Labute approximate surface area is 144 Å². The maximum Gasteiger partial charge on any atom is 0.235 e. The van der Waals surface area contributed by atoms with Crippen molar-refractivity contribution in [3.8, 4) is 6.07 Å². The summed E-state index contributed by atoms with van der Waals surface area (Å²) in [5.74, 6) is 0.709. The minimum absolute atomic E-state index is 0.148. The molecule has 0 saturated heterocycles. The molecule has 0 aliphatic heterocycles. The van der Waals surface area contributed by atoms with Crippen molar-refractivity contribution in [1.29, 1.82) is 5.26 Å². The molecule has 8 heteroatoms. The third-order valence-electron chi connectivity index (χ3n) is 4.55. The number of aromatic nitrogens is 4. The highest BCUT2D eigenvalue weighted by Crippen LogP contribution is 2.37. The smallest absolute Gasteiger partial charge is 0.235 e. The van der Waals surface area contributed by atoms with Crippen LogP contribution < -0.4 is 5.32 Å². The number of nitrogens with one attached hydrogen (secondary N) is 2. The topological polar surface area (TPSA) is 99.4 Å². The van der Waals surface area contributed by atoms with Crippen molar-refractivity contribution in [2.24, 2.45) is 0 Å². The molecular weight excluding hydrogens is 324 g/mol. The third kappa shape index (κ3) is 3.17. The van der Waals surface area contributed by atoms with Gasteiger partial charge < -0.3 is 9.88 Å². The average Bonchev–Trinajstić information content (AvgIpc) is 3.29. The molecule has 1 aliphatic carbocycles. The molecule has 7 nitrogen and oxygen atoms in total. The Kier molecular flexibility index (Phi) is 4.90. The number of thioether (sulfide) groups is 1. The monoisotopic (exact) mass is 344 g/mol. The van der Waals surface area contributed by atoms with Crippen LogP contribution in [0.2, 0.25) is 0 Å². The van der Waals surface area contributed by atoms with Gasteiger partial charge in [-0.2, -0.15) is 10.4 Å². The first-order valence-electron chi connectivity index (χ1n) is 8.01. The van der Waals surface area contributed by atoms with E-state index in [9.17, 15) is 10.1 Å². The van der Waals surface area contributed by atoms with Crippen molar-refractivity contribution in [2.45, 2.75) is 50.7 Å². The predicted molar refractivity (Wildman–Crippen MR) is 91.9 cm³/mol. The summed E-state index contributed by atoms with van der Waals surface area (Å²) < 4.78 is 2.15. The van der Waals surface area contributed by atoms with Crippen LogP contribution in [0, 0.1) is 25.2 Å². The second-order valence-electron chi connectivity index (χ2n) is 5.98. The fourth-order valence-electron chi connectivity index (χ4n) is 3.27. The molecule has 0 bridgehead atoms. The number of hydrogen-bond acceptors (Lipinski definition) is 5. The summed E-state index contributed by atoms with van der Waals surface area (Å²) in [6.45, 7) is 3.96. The van der Waals surface area contributed by atoms with Gasteiger partial charge in [-0.15, -0.1) is 0 Å². The predicted octanol–water partition coefficient (Wildman–Crippen LogP) is 2.94. The fraction of sp³-hybridized carbons (Fsp3) is 0.500. The summed E-state index contributed by atoms with van der Waals surface area (Å²) >= 11 is 1.28. The van der Waals surface area contributed by atoms with E-state index >= 15 is 0 Å². The lowest BCUT2D eigenvalue weighted by Gasteiger charge is -2.19. The molecule has 24 heavy (non-hydrogen) atoms. The first-order valence-corrected chi connectivity index (χ1v) is 9.00. The van der Waals surface area contributed by atoms with E-state index in [0.29, 0.717) is 22.6 Å². The van der Waals surface area contributed by atoms with E-state index in [2.05, 4.69) is 31.1 Å². The van der Waals surface area contributed by atoms with Crippen LogP contribution in [0.3, 0.4) is 0 Å². The Morgan fingerprint density at radius 3 is 2.88 bits per heavy atom. The van der Waals surface area contributed by atoms with Gasteiger partial charge in [-0.3, -0.25) is 9.89 Å². The van der Waals surface area contributed by atoms with Crippen LogP contribution in [-0.2, 0) is 4.79 Å². The fourth-order valence-corrected chi connectivity index (χ4v) is 3.85. The van der Waals surface area contributed by atoms with Gasteiger partial charge in [0.1, 0.15) is 18.2 Å². The van der Waals surface area contributed by atoms with Gasteiger partial charge in [0.25, 0.3) is 0 Å². The molecule has 1 saturated carbocycles. The van der Waals surface area contributed by atoms with Gasteiger partial charge in [0.15, 0.2) is 5.16 Å². The number of amides is 1. The summed E-state index contributed by atoms with van der Waals surface area (Å²) in [7, 11) is 0. The van der Waals surface area contributed by atoms with Crippen LogP contribution in [0.15, 0.2) is 11.5 Å². The van der Waals surface area contributed by atoms with Gasteiger partial charge in [0.05, 0.1) is 11.3 Å². The Morgan fingerprint density at radius 1 is 1.50 bits per heavy atom. The van der Waals surface area contributed by atoms with Gasteiger partial charge in [-0.05, 0) is 32.3 Å². The van der Waals surface area contributed by atoms with Gasteiger partial charge in [-0.1, -0.05) is 24.6 Å². The van der Waals surface area contributed by atoms with Crippen molar-refractivity contribution >= 4 is 23.5 Å². The summed E-state index contributed by atoms with van der Waals surface area (Å²) in [5, 5.41) is 19.6. The molecule has 0 atom stereocenters. The number of carbonyl (C=O) groups is 1. The quantitative estimate of drug-likeness (QED) is 0.812. The zero-order chi connectivity index (χ0) is 17.1. The van der Waals surface area contributed by atoms with Crippen molar-refractivity contribution in [1.82, 2.24) is 19.7 Å². The number of anilines is 1. The van der Waals surface area contributed by atoms with Gasteiger partial charge >= 0.3 is 0 Å². The minimum Gasteiger partial charge on any atom is -0.327 e.